The second-order valence-corrected chi connectivity index (χ2v) is 12.1. The molecule has 6 rings (SSSR count). The van der Waals surface area contributed by atoms with Crippen molar-refractivity contribution in [2.45, 2.75) is 38.0 Å². The quantitative estimate of drug-likeness (QED) is 0.118. The van der Waals surface area contributed by atoms with E-state index in [4.69, 9.17) is 0 Å². The maximum absolute atomic E-state index is 14.0. The Bertz CT molecular complexity index is 1830. The van der Waals surface area contributed by atoms with Gasteiger partial charge in [-0.05, 0) is 35.7 Å². The summed E-state index contributed by atoms with van der Waals surface area (Å²) in [5, 5.41) is 45.1. The Balaban J connectivity index is 1.17. The lowest BCUT2D eigenvalue weighted by Crippen LogP contribution is -2.48. The molecule has 1 saturated heterocycles. The second-order valence-electron chi connectivity index (χ2n) is 12.1. The normalized spacial score (nSPS) is 19.1. The first-order valence-corrected chi connectivity index (χ1v) is 15.9. The highest BCUT2D eigenvalue weighted by atomic mass is 16.6. The lowest BCUT2D eigenvalue weighted by molar-refractivity contribution is -0.385. The van der Waals surface area contributed by atoms with Crippen LogP contribution in [0.5, 0.6) is 0 Å². The van der Waals surface area contributed by atoms with Gasteiger partial charge in [0.05, 0.1) is 41.9 Å². The molecule has 1 unspecified atom stereocenters. The highest BCUT2D eigenvalue weighted by molar-refractivity contribution is 6.07. The molecule has 1 fully saturated rings. The average Bonchev–Trinajstić information content (AvgIpc) is 3.65. The Morgan fingerprint density at radius 2 is 1.88 bits per heavy atom. The number of rotatable bonds is 12. The molecule has 2 aliphatic rings. The summed E-state index contributed by atoms with van der Waals surface area (Å²) in [6.07, 6.45) is 5.88. The van der Waals surface area contributed by atoms with Crippen molar-refractivity contribution in [2.24, 2.45) is 5.92 Å². The zero-order valence-corrected chi connectivity index (χ0v) is 26.5. The molecule has 0 radical (unpaired) electrons. The molecular formula is C35H37N7O6. The Morgan fingerprint density at radius 3 is 2.58 bits per heavy atom. The van der Waals surface area contributed by atoms with Crippen LogP contribution >= 0.6 is 0 Å². The summed E-state index contributed by atoms with van der Waals surface area (Å²) >= 11 is 0. The number of nitrogens with one attached hydrogen (secondary N) is 1. The fraction of sp³-hybridized carbons (Fsp3) is 0.314. The van der Waals surface area contributed by atoms with Crippen LogP contribution in [0.4, 0.5) is 17.1 Å². The van der Waals surface area contributed by atoms with Gasteiger partial charge in [0, 0.05) is 55.1 Å². The minimum atomic E-state index is -2.03. The third kappa shape index (κ3) is 6.35. The third-order valence-electron chi connectivity index (χ3n) is 9.05. The number of anilines is 2. The zero-order valence-electron chi connectivity index (χ0n) is 26.5. The number of aliphatic hydroxyl groups excluding tert-OH is 1. The first kappa shape index (κ1) is 32.7. The molecule has 1 aromatic heterocycles. The van der Waals surface area contributed by atoms with Gasteiger partial charge in [0.2, 0.25) is 5.91 Å². The predicted molar refractivity (Wildman–Crippen MR) is 178 cm³/mol. The number of nitrogens with zero attached hydrogens (tertiary/aromatic N) is 6. The molecule has 2 aliphatic heterocycles. The van der Waals surface area contributed by atoms with Gasteiger partial charge in [-0.2, -0.15) is 0 Å². The second kappa shape index (κ2) is 13.9. The van der Waals surface area contributed by atoms with Gasteiger partial charge in [-0.15, -0.1) is 5.10 Å². The minimum Gasteiger partial charge on any atom is -0.395 e. The number of amides is 2. The Kier molecular flexibility index (Phi) is 9.44. The van der Waals surface area contributed by atoms with Crippen molar-refractivity contribution in [1.29, 1.82) is 0 Å². The van der Waals surface area contributed by atoms with Gasteiger partial charge in [-0.1, -0.05) is 66.8 Å². The van der Waals surface area contributed by atoms with Gasteiger partial charge in [0.15, 0.2) is 5.60 Å². The number of hydrogen-bond acceptors (Lipinski definition) is 9. The summed E-state index contributed by atoms with van der Waals surface area (Å²) in [6.45, 7) is 3.74. The van der Waals surface area contributed by atoms with E-state index >= 15 is 0 Å². The predicted octanol–water partition coefficient (Wildman–Crippen LogP) is 3.26. The summed E-state index contributed by atoms with van der Waals surface area (Å²) in [5.41, 5.74) is 1.45. The van der Waals surface area contributed by atoms with Crippen LogP contribution in [0.3, 0.4) is 0 Å². The standard InChI is InChI=1S/C35H37N7O6/c1-24(7-5-6-17-39-22-31(37-38-39)29(23-43)26-8-3-2-4-9-26)35(46)30-19-28(42(47)48)14-15-32(30)41(34(35)45)21-25-10-12-27(13-11-25)40-18-16-36-20-33(40)44/h2-5,7-15,19,22,24,29,36,43,46H,6,16-18,20-21,23H2,1H3/b7-5+/t24-,29?,35+/m1/s1. The molecule has 4 aromatic rings. The van der Waals surface area contributed by atoms with E-state index in [1.807, 2.05) is 60.7 Å². The molecule has 0 saturated carbocycles. The molecule has 3 heterocycles. The minimum absolute atomic E-state index is 0.0178. The number of nitro benzene ring substituents is 1. The molecule has 248 valence electrons. The first-order chi connectivity index (χ1) is 23.2. The van der Waals surface area contributed by atoms with Gasteiger partial charge in [0.25, 0.3) is 11.6 Å². The van der Waals surface area contributed by atoms with Crippen molar-refractivity contribution in [3.63, 3.8) is 0 Å². The van der Waals surface area contributed by atoms with E-state index in [0.717, 1.165) is 16.8 Å². The lowest BCUT2D eigenvalue weighted by atomic mass is 9.82. The number of aryl methyl sites for hydroxylation is 1. The van der Waals surface area contributed by atoms with Gasteiger partial charge in [-0.3, -0.25) is 24.4 Å². The van der Waals surface area contributed by atoms with E-state index in [1.54, 1.807) is 28.8 Å². The van der Waals surface area contributed by atoms with Crippen LogP contribution in [-0.4, -0.2) is 68.2 Å². The van der Waals surface area contributed by atoms with Gasteiger partial charge in [0.1, 0.15) is 0 Å². The van der Waals surface area contributed by atoms with Crippen LogP contribution in [0.2, 0.25) is 0 Å². The monoisotopic (exact) mass is 651 g/mol. The molecule has 3 N–H and O–H groups in total. The van der Waals surface area contributed by atoms with E-state index in [-0.39, 0.29) is 42.8 Å². The Hall–Kier alpha value is -5.24. The van der Waals surface area contributed by atoms with Crippen LogP contribution in [-0.2, 0) is 28.3 Å². The molecular weight excluding hydrogens is 614 g/mol. The number of non-ortho nitro benzene ring substituents is 1. The summed E-state index contributed by atoms with van der Waals surface area (Å²) < 4.78 is 1.68. The maximum Gasteiger partial charge on any atom is 0.269 e. The summed E-state index contributed by atoms with van der Waals surface area (Å²) in [6, 6.07) is 21.0. The fourth-order valence-corrected chi connectivity index (χ4v) is 6.33. The molecule has 0 aliphatic carbocycles. The summed E-state index contributed by atoms with van der Waals surface area (Å²) in [7, 11) is 0. The van der Waals surface area contributed by atoms with Crippen molar-refractivity contribution in [3.05, 3.63) is 124 Å². The molecule has 13 nitrogen and oxygen atoms in total. The Labute approximate surface area is 277 Å². The topological polar surface area (TPSA) is 167 Å². The molecule has 13 heteroatoms. The smallest absolute Gasteiger partial charge is 0.269 e. The molecule has 0 bridgehead atoms. The van der Waals surface area contributed by atoms with E-state index in [1.165, 1.54) is 23.1 Å². The molecule has 3 atom stereocenters. The van der Waals surface area contributed by atoms with Crippen LogP contribution < -0.4 is 15.1 Å². The summed E-state index contributed by atoms with van der Waals surface area (Å²) in [4.78, 5) is 40.6. The summed E-state index contributed by atoms with van der Waals surface area (Å²) in [5.74, 6) is -1.61. The number of aliphatic hydroxyl groups is 2. The fourth-order valence-electron chi connectivity index (χ4n) is 6.33. The maximum atomic E-state index is 14.0. The highest BCUT2D eigenvalue weighted by Crippen LogP contribution is 2.47. The third-order valence-corrected chi connectivity index (χ3v) is 9.05. The number of nitro groups is 1. The first-order valence-electron chi connectivity index (χ1n) is 15.9. The van der Waals surface area contributed by atoms with E-state index < -0.39 is 22.3 Å². The van der Waals surface area contributed by atoms with E-state index in [0.29, 0.717) is 37.4 Å². The van der Waals surface area contributed by atoms with Crippen molar-refractivity contribution in [1.82, 2.24) is 20.3 Å². The van der Waals surface area contributed by atoms with Crippen molar-refractivity contribution >= 4 is 28.9 Å². The number of carbonyl (C=O) groups excluding carboxylic acids is 2. The number of carbonyl (C=O) groups is 2. The number of hydrogen-bond donors (Lipinski definition) is 3. The number of fused-ring (bicyclic) bond motifs is 1. The molecule has 3 aromatic carbocycles. The number of allylic oxidation sites excluding steroid dienone is 1. The van der Waals surface area contributed by atoms with Gasteiger partial charge < -0.3 is 25.3 Å². The van der Waals surface area contributed by atoms with Gasteiger partial charge >= 0.3 is 0 Å². The van der Waals surface area contributed by atoms with Crippen molar-refractivity contribution in [2.75, 3.05) is 36.0 Å². The average molecular weight is 652 g/mol. The number of piperazine rings is 1. The molecule has 2 amide bonds. The number of benzene rings is 3. The van der Waals surface area contributed by atoms with Crippen molar-refractivity contribution in [3.8, 4) is 0 Å². The highest BCUT2D eigenvalue weighted by Gasteiger charge is 2.53. The SMILES string of the molecule is C[C@H](/C=C/CCn1cc(C(CO)c2ccccc2)nn1)[C@@]1(O)C(=O)N(Cc2ccc(N3CCNCC3=O)cc2)c2ccc([N+](=O)[O-])cc21. The van der Waals surface area contributed by atoms with E-state index in [9.17, 15) is 29.9 Å². The zero-order chi connectivity index (χ0) is 33.8. The van der Waals surface area contributed by atoms with Crippen LogP contribution in [0.15, 0.2) is 91.1 Å². The lowest BCUT2D eigenvalue weighted by Gasteiger charge is -2.28. The van der Waals surface area contributed by atoms with Crippen LogP contribution in [0.25, 0.3) is 0 Å². The van der Waals surface area contributed by atoms with Crippen LogP contribution in [0, 0.1) is 16.0 Å². The molecule has 48 heavy (non-hydrogen) atoms. The van der Waals surface area contributed by atoms with E-state index in [2.05, 4.69) is 15.6 Å². The number of aromatic nitrogens is 3. The molecule has 0 spiro atoms. The van der Waals surface area contributed by atoms with Crippen LogP contribution in [0.1, 0.15) is 41.6 Å². The van der Waals surface area contributed by atoms with Crippen molar-refractivity contribution < 1.29 is 24.7 Å². The largest absolute Gasteiger partial charge is 0.395 e. The Morgan fingerprint density at radius 1 is 1.10 bits per heavy atom. The van der Waals surface area contributed by atoms with Gasteiger partial charge in [-0.25, -0.2) is 0 Å².